The summed E-state index contributed by atoms with van der Waals surface area (Å²) >= 11 is 3.43. The summed E-state index contributed by atoms with van der Waals surface area (Å²) in [5.74, 6) is 1.67. The van der Waals surface area contributed by atoms with Crippen LogP contribution < -0.4 is 14.2 Å². The SMILES string of the molecule is COc1ccc(/C=C/C(=O)OCc2cc3c(cc2Br)OCO3)cc1. The number of esters is 1. The van der Waals surface area contributed by atoms with Gasteiger partial charge in [-0.2, -0.15) is 0 Å². The molecule has 1 aliphatic rings. The third kappa shape index (κ3) is 3.89. The van der Waals surface area contributed by atoms with E-state index >= 15 is 0 Å². The summed E-state index contributed by atoms with van der Waals surface area (Å²) in [5.41, 5.74) is 1.70. The van der Waals surface area contributed by atoms with Gasteiger partial charge in [0, 0.05) is 16.1 Å². The lowest BCUT2D eigenvalue weighted by molar-refractivity contribution is -0.138. The lowest BCUT2D eigenvalue weighted by Gasteiger charge is -2.06. The number of ether oxygens (including phenoxy) is 4. The molecule has 3 rings (SSSR count). The van der Waals surface area contributed by atoms with Crippen LogP contribution in [0.1, 0.15) is 11.1 Å². The van der Waals surface area contributed by atoms with Crippen molar-refractivity contribution in [3.63, 3.8) is 0 Å². The summed E-state index contributed by atoms with van der Waals surface area (Å²) in [4.78, 5) is 11.9. The van der Waals surface area contributed by atoms with Crippen molar-refractivity contribution in [2.24, 2.45) is 0 Å². The minimum absolute atomic E-state index is 0.142. The van der Waals surface area contributed by atoms with Crippen LogP contribution >= 0.6 is 15.9 Å². The number of benzene rings is 2. The van der Waals surface area contributed by atoms with Crippen LogP contribution in [0.3, 0.4) is 0 Å². The molecule has 0 bridgehead atoms. The van der Waals surface area contributed by atoms with E-state index in [1.165, 1.54) is 6.08 Å². The average Bonchev–Trinajstić information content (AvgIpc) is 3.05. The highest BCUT2D eigenvalue weighted by molar-refractivity contribution is 9.10. The summed E-state index contributed by atoms with van der Waals surface area (Å²) in [6, 6.07) is 11.0. The van der Waals surface area contributed by atoms with Gasteiger partial charge >= 0.3 is 5.97 Å². The first-order valence-electron chi connectivity index (χ1n) is 7.22. The third-order valence-electron chi connectivity index (χ3n) is 3.44. The fraction of sp³-hybridized carbons (Fsp3) is 0.167. The van der Waals surface area contributed by atoms with Gasteiger partial charge in [0.05, 0.1) is 7.11 Å². The maximum Gasteiger partial charge on any atom is 0.331 e. The average molecular weight is 391 g/mol. The van der Waals surface area contributed by atoms with E-state index in [1.54, 1.807) is 25.3 Å². The van der Waals surface area contributed by atoms with Gasteiger partial charge in [0.15, 0.2) is 11.5 Å². The molecule has 6 heteroatoms. The van der Waals surface area contributed by atoms with Gasteiger partial charge < -0.3 is 18.9 Å². The Morgan fingerprint density at radius 2 is 1.92 bits per heavy atom. The van der Waals surface area contributed by atoms with E-state index in [9.17, 15) is 4.79 Å². The van der Waals surface area contributed by atoms with Gasteiger partial charge in [0.25, 0.3) is 0 Å². The molecule has 2 aromatic rings. The highest BCUT2D eigenvalue weighted by atomic mass is 79.9. The molecule has 1 aliphatic heterocycles. The lowest BCUT2D eigenvalue weighted by Crippen LogP contribution is -2.01. The zero-order chi connectivity index (χ0) is 16.9. The number of rotatable bonds is 5. The fourth-order valence-corrected chi connectivity index (χ4v) is 2.58. The van der Waals surface area contributed by atoms with Crippen LogP contribution in [0.2, 0.25) is 0 Å². The van der Waals surface area contributed by atoms with Crippen molar-refractivity contribution in [1.29, 1.82) is 0 Å². The van der Waals surface area contributed by atoms with E-state index in [0.717, 1.165) is 21.3 Å². The molecule has 0 saturated carbocycles. The third-order valence-corrected chi connectivity index (χ3v) is 4.18. The van der Waals surface area contributed by atoms with Crippen LogP contribution in [0.5, 0.6) is 17.2 Å². The molecular weight excluding hydrogens is 376 g/mol. The van der Waals surface area contributed by atoms with Crippen molar-refractivity contribution in [2.45, 2.75) is 6.61 Å². The fourth-order valence-electron chi connectivity index (χ4n) is 2.15. The van der Waals surface area contributed by atoms with Crippen LogP contribution in [0, 0.1) is 0 Å². The molecule has 5 nitrogen and oxygen atoms in total. The zero-order valence-electron chi connectivity index (χ0n) is 13.0. The summed E-state index contributed by atoms with van der Waals surface area (Å²) in [7, 11) is 1.61. The first-order chi connectivity index (χ1) is 11.7. The summed E-state index contributed by atoms with van der Waals surface area (Å²) in [5, 5.41) is 0. The minimum atomic E-state index is -0.421. The molecule has 0 unspecified atom stereocenters. The predicted molar refractivity (Wildman–Crippen MR) is 92.1 cm³/mol. The van der Waals surface area contributed by atoms with Gasteiger partial charge in [-0.3, -0.25) is 0 Å². The normalized spacial score (nSPS) is 12.4. The molecule has 24 heavy (non-hydrogen) atoms. The first kappa shape index (κ1) is 16.4. The maximum absolute atomic E-state index is 11.9. The molecule has 0 fully saturated rings. The van der Waals surface area contributed by atoms with E-state index in [4.69, 9.17) is 18.9 Å². The molecule has 1 heterocycles. The molecule has 124 valence electrons. The van der Waals surface area contributed by atoms with E-state index in [1.807, 2.05) is 24.3 Å². The minimum Gasteiger partial charge on any atom is -0.497 e. The Kier molecular flexibility index (Phi) is 5.05. The predicted octanol–water partition coefficient (Wildman–Crippen LogP) is 3.94. The molecule has 2 aromatic carbocycles. The van der Waals surface area contributed by atoms with E-state index in [0.29, 0.717) is 11.5 Å². The van der Waals surface area contributed by atoms with Crippen molar-refractivity contribution in [1.82, 2.24) is 0 Å². The Bertz CT molecular complexity index is 768. The lowest BCUT2D eigenvalue weighted by atomic mass is 10.2. The summed E-state index contributed by atoms with van der Waals surface area (Å²) < 4.78 is 21.7. The Morgan fingerprint density at radius 3 is 2.62 bits per heavy atom. The van der Waals surface area contributed by atoms with Gasteiger partial charge in [0.2, 0.25) is 6.79 Å². The van der Waals surface area contributed by atoms with Crippen LogP contribution in [-0.2, 0) is 16.1 Å². The van der Waals surface area contributed by atoms with E-state index < -0.39 is 5.97 Å². The number of methoxy groups -OCH3 is 1. The van der Waals surface area contributed by atoms with Crippen LogP contribution in [0.25, 0.3) is 6.08 Å². The Labute approximate surface area is 147 Å². The van der Waals surface area contributed by atoms with Crippen molar-refractivity contribution in [3.8, 4) is 17.2 Å². The van der Waals surface area contributed by atoms with Gasteiger partial charge in [-0.05, 0) is 35.9 Å². The number of hydrogen-bond donors (Lipinski definition) is 0. The number of fused-ring (bicyclic) bond motifs is 1. The number of halogens is 1. The van der Waals surface area contributed by atoms with Crippen LogP contribution in [-0.4, -0.2) is 19.9 Å². The quantitative estimate of drug-likeness (QED) is 0.571. The van der Waals surface area contributed by atoms with Crippen LogP contribution in [0.4, 0.5) is 0 Å². The monoisotopic (exact) mass is 390 g/mol. The summed E-state index contributed by atoms with van der Waals surface area (Å²) in [6.07, 6.45) is 3.08. The van der Waals surface area contributed by atoms with Gasteiger partial charge in [-0.25, -0.2) is 4.79 Å². The maximum atomic E-state index is 11.9. The topological polar surface area (TPSA) is 54.0 Å². The van der Waals surface area contributed by atoms with Crippen molar-refractivity contribution in [3.05, 3.63) is 58.1 Å². The van der Waals surface area contributed by atoms with E-state index in [2.05, 4.69) is 15.9 Å². The second-order valence-electron chi connectivity index (χ2n) is 5.01. The molecule has 0 radical (unpaired) electrons. The molecule has 0 aliphatic carbocycles. The van der Waals surface area contributed by atoms with Crippen LogP contribution in [0.15, 0.2) is 46.9 Å². The molecule has 0 amide bonds. The molecule has 0 N–H and O–H groups in total. The Morgan fingerprint density at radius 1 is 1.21 bits per heavy atom. The number of hydrogen-bond acceptors (Lipinski definition) is 5. The highest BCUT2D eigenvalue weighted by Gasteiger charge is 2.16. The largest absolute Gasteiger partial charge is 0.497 e. The van der Waals surface area contributed by atoms with Gasteiger partial charge in [-0.1, -0.05) is 28.1 Å². The zero-order valence-corrected chi connectivity index (χ0v) is 14.5. The molecule has 0 saturated heterocycles. The second kappa shape index (κ2) is 7.40. The Hall–Kier alpha value is -2.47. The van der Waals surface area contributed by atoms with Crippen molar-refractivity contribution < 1.29 is 23.7 Å². The second-order valence-corrected chi connectivity index (χ2v) is 5.87. The van der Waals surface area contributed by atoms with Gasteiger partial charge in [0.1, 0.15) is 12.4 Å². The molecular formula is C18H15BrO5. The molecule has 0 atom stereocenters. The first-order valence-corrected chi connectivity index (χ1v) is 8.02. The molecule has 0 spiro atoms. The smallest absolute Gasteiger partial charge is 0.331 e. The number of carbonyl (C=O) groups excluding carboxylic acids is 1. The van der Waals surface area contributed by atoms with Gasteiger partial charge in [-0.15, -0.1) is 0 Å². The molecule has 0 aromatic heterocycles. The standard InChI is InChI=1S/C18H15BrO5/c1-21-14-5-2-12(3-6-14)4-7-18(20)22-10-13-8-16-17(9-15(13)19)24-11-23-16/h2-9H,10-11H2,1H3/b7-4+. The van der Waals surface area contributed by atoms with E-state index in [-0.39, 0.29) is 13.4 Å². The Balaban J connectivity index is 1.58. The van der Waals surface area contributed by atoms with Crippen molar-refractivity contribution in [2.75, 3.05) is 13.9 Å². The highest BCUT2D eigenvalue weighted by Crippen LogP contribution is 2.37. The number of carbonyl (C=O) groups is 1. The van der Waals surface area contributed by atoms with Crippen molar-refractivity contribution >= 4 is 28.0 Å². The summed E-state index contributed by atoms with van der Waals surface area (Å²) in [6.45, 7) is 0.346.